The van der Waals surface area contributed by atoms with E-state index < -0.39 is 0 Å². The summed E-state index contributed by atoms with van der Waals surface area (Å²) in [5.74, 6) is 1.61. The second-order valence-electron chi connectivity index (χ2n) is 3.51. The predicted octanol–water partition coefficient (Wildman–Crippen LogP) is 0.350. The highest BCUT2D eigenvalue weighted by atomic mass is 35.5. The molecular weight excluding hydrogens is 256 g/mol. The van der Waals surface area contributed by atoms with Gasteiger partial charge in [0, 0.05) is 27.1 Å². The molecule has 0 amide bonds. The molecule has 0 atom stereocenters. The first-order valence-corrected chi connectivity index (χ1v) is 5.73. The standard InChI is InChI=1S/C9H13ClN8/c1-11-8-14-7(10)15-9(16-8)12-4-3-6-13-5-18(2)17-6/h5H,3-4H2,1-2H3,(H2,11,12,14,15,16). The Balaban J connectivity index is 1.91. The fraction of sp³-hybridized carbons (Fsp3) is 0.444. The zero-order valence-electron chi connectivity index (χ0n) is 10.1. The molecule has 9 heteroatoms. The number of hydrogen-bond donors (Lipinski definition) is 2. The average molecular weight is 269 g/mol. The molecule has 2 rings (SSSR count). The minimum Gasteiger partial charge on any atom is -0.357 e. The highest BCUT2D eigenvalue weighted by molar-refractivity contribution is 6.28. The third-order valence-electron chi connectivity index (χ3n) is 2.11. The van der Waals surface area contributed by atoms with Crippen molar-refractivity contribution < 1.29 is 0 Å². The van der Waals surface area contributed by atoms with Gasteiger partial charge in [0.05, 0.1) is 0 Å². The molecular formula is C9H13ClN8. The Bertz CT molecular complexity index is 525. The van der Waals surface area contributed by atoms with E-state index in [0.717, 1.165) is 5.82 Å². The lowest BCUT2D eigenvalue weighted by atomic mass is 10.4. The van der Waals surface area contributed by atoms with E-state index in [4.69, 9.17) is 11.6 Å². The Labute approximate surface area is 109 Å². The molecule has 2 N–H and O–H groups in total. The van der Waals surface area contributed by atoms with E-state index in [9.17, 15) is 0 Å². The second-order valence-corrected chi connectivity index (χ2v) is 3.85. The summed E-state index contributed by atoms with van der Waals surface area (Å²) in [5.41, 5.74) is 0. The fourth-order valence-corrected chi connectivity index (χ4v) is 1.49. The molecule has 2 heterocycles. The van der Waals surface area contributed by atoms with Gasteiger partial charge in [0.25, 0.3) is 0 Å². The molecule has 0 saturated carbocycles. The predicted molar refractivity (Wildman–Crippen MR) is 67.6 cm³/mol. The summed E-state index contributed by atoms with van der Waals surface area (Å²) in [6, 6.07) is 0. The summed E-state index contributed by atoms with van der Waals surface area (Å²) in [4.78, 5) is 16.1. The highest BCUT2D eigenvalue weighted by Crippen LogP contribution is 2.08. The second kappa shape index (κ2) is 5.58. The van der Waals surface area contributed by atoms with Crippen LogP contribution in [0.2, 0.25) is 5.28 Å². The number of anilines is 2. The van der Waals surface area contributed by atoms with Gasteiger partial charge in [0.15, 0.2) is 5.82 Å². The molecule has 0 aliphatic heterocycles. The summed E-state index contributed by atoms with van der Waals surface area (Å²) in [7, 11) is 3.54. The van der Waals surface area contributed by atoms with Crippen LogP contribution in [0.4, 0.5) is 11.9 Å². The van der Waals surface area contributed by atoms with Crippen LogP contribution < -0.4 is 10.6 Å². The van der Waals surface area contributed by atoms with Crippen molar-refractivity contribution in [3.8, 4) is 0 Å². The molecule has 8 nitrogen and oxygen atoms in total. The smallest absolute Gasteiger partial charge is 0.228 e. The lowest BCUT2D eigenvalue weighted by Crippen LogP contribution is -2.11. The van der Waals surface area contributed by atoms with Crippen molar-refractivity contribution in [1.82, 2.24) is 29.7 Å². The molecule has 0 aliphatic rings. The van der Waals surface area contributed by atoms with E-state index in [1.165, 1.54) is 0 Å². The summed E-state index contributed by atoms with van der Waals surface area (Å²) < 4.78 is 1.66. The molecule has 0 bridgehead atoms. The van der Waals surface area contributed by atoms with Gasteiger partial charge in [-0.25, -0.2) is 4.98 Å². The van der Waals surface area contributed by atoms with Crippen LogP contribution in [-0.2, 0) is 13.5 Å². The van der Waals surface area contributed by atoms with E-state index in [-0.39, 0.29) is 5.28 Å². The quantitative estimate of drug-likeness (QED) is 0.808. The van der Waals surface area contributed by atoms with Crippen molar-refractivity contribution in [3.63, 3.8) is 0 Å². The third kappa shape index (κ3) is 3.27. The lowest BCUT2D eigenvalue weighted by Gasteiger charge is -2.05. The maximum atomic E-state index is 5.76. The molecule has 0 unspecified atom stereocenters. The number of aromatic nitrogens is 6. The minimum atomic E-state index is 0.146. The normalized spacial score (nSPS) is 10.4. The summed E-state index contributed by atoms with van der Waals surface area (Å²) >= 11 is 5.76. The molecule has 0 spiro atoms. The fourth-order valence-electron chi connectivity index (χ4n) is 1.33. The third-order valence-corrected chi connectivity index (χ3v) is 2.28. The van der Waals surface area contributed by atoms with Gasteiger partial charge in [-0.3, -0.25) is 4.68 Å². The number of rotatable bonds is 5. The van der Waals surface area contributed by atoms with Gasteiger partial charge in [-0.1, -0.05) is 0 Å². The highest BCUT2D eigenvalue weighted by Gasteiger charge is 2.04. The minimum absolute atomic E-state index is 0.146. The van der Waals surface area contributed by atoms with Crippen LogP contribution in [-0.4, -0.2) is 43.3 Å². The van der Waals surface area contributed by atoms with Gasteiger partial charge in [-0.05, 0) is 11.6 Å². The molecule has 2 aromatic rings. The monoisotopic (exact) mass is 268 g/mol. The van der Waals surface area contributed by atoms with Gasteiger partial charge in [0.1, 0.15) is 6.33 Å². The van der Waals surface area contributed by atoms with Crippen molar-refractivity contribution >= 4 is 23.5 Å². The number of nitrogens with zero attached hydrogens (tertiary/aromatic N) is 6. The molecule has 0 aliphatic carbocycles. The Morgan fingerprint density at radius 2 is 2.06 bits per heavy atom. The van der Waals surface area contributed by atoms with Crippen molar-refractivity contribution in [2.24, 2.45) is 7.05 Å². The van der Waals surface area contributed by atoms with Crippen molar-refractivity contribution in [1.29, 1.82) is 0 Å². The molecule has 2 aromatic heterocycles. The lowest BCUT2D eigenvalue weighted by molar-refractivity contribution is 0.741. The SMILES string of the molecule is CNc1nc(Cl)nc(NCCc2ncn(C)n2)n1. The molecule has 18 heavy (non-hydrogen) atoms. The Hall–Kier alpha value is -1.96. The number of halogens is 1. The molecule has 96 valence electrons. The number of hydrogen-bond acceptors (Lipinski definition) is 7. The largest absolute Gasteiger partial charge is 0.357 e. The van der Waals surface area contributed by atoms with Crippen molar-refractivity contribution in [2.75, 3.05) is 24.2 Å². The van der Waals surface area contributed by atoms with Crippen molar-refractivity contribution in [3.05, 3.63) is 17.4 Å². The van der Waals surface area contributed by atoms with Gasteiger partial charge >= 0.3 is 0 Å². The van der Waals surface area contributed by atoms with Crippen molar-refractivity contribution in [2.45, 2.75) is 6.42 Å². The topological polar surface area (TPSA) is 93.4 Å². The van der Waals surface area contributed by atoms with E-state index in [1.54, 1.807) is 18.1 Å². The van der Waals surface area contributed by atoms with E-state index in [0.29, 0.717) is 24.9 Å². The summed E-state index contributed by atoms with van der Waals surface area (Å²) in [6.45, 7) is 0.619. The van der Waals surface area contributed by atoms with Gasteiger partial charge in [-0.15, -0.1) is 0 Å². The van der Waals surface area contributed by atoms with Crippen LogP contribution in [0.5, 0.6) is 0 Å². The number of nitrogens with one attached hydrogen (secondary N) is 2. The average Bonchev–Trinajstić information content (AvgIpc) is 2.74. The first-order chi connectivity index (χ1) is 8.67. The zero-order valence-corrected chi connectivity index (χ0v) is 10.8. The maximum absolute atomic E-state index is 5.76. The van der Waals surface area contributed by atoms with Gasteiger partial charge < -0.3 is 10.6 Å². The maximum Gasteiger partial charge on any atom is 0.228 e. The summed E-state index contributed by atoms with van der Waals surface area (Å²) in [5, 5.41) is 10.2. The van der Waals surface area contributed by atoms with E-state index in [2.05, 4.69) is 35.7 Å². The first kappa shape index (κ1) is 12.5. The van der Waals surface area contributed by atoms with E-state index >= 15 is 0 Å². The van der Waals surface area contributed by atoms with Crippen LogP contribution in [0.15, 0.2) is 6.33 Å². The first-order valence-electron chi connectivity index (χ1n) is 5.35. The van der Waals surface area contributed by atoms with Crippen LogP contribution >= 0.6 is 11.6 Å². The van der Waals surface area contributed by atoms with Crippen LogP contribution in [0.25, 0.3) is 0 Å². The molecule has 0 aromatic carbocycles. The van der Waals surface area contributed by atoms with Crippen LogP contribution in [0.3, 0.4) is 0 Å². The van der Waals surface area contributed by atoms with Crippen LogP contribution in [0.1, 0.15) is 5.82 Å². The molecule has 0 fully saturated rings. The van der Waals surface area contributed by atoms with E-state index in [1.807, 2.05) is 7.05 Å². The number of aryl methyl sites for hydroxylation is 1. The zero-order chi connectivity index (χ0) is 13.0. The van der Waals surface area contributed by atoms with Crippen LogP contribution in [0, 0.1) is 0 Å². The Morgan fingerprint density at radius 3 is 2.72 bits per heavy atom. The summed E-state index contributed by atoms with van der Waals surface area (Å²) in [6.07, 6.45) is 2.34. The van der Waals surface area contributed by atoms with Gasteiger partial charge in [0.2, 0.25) is 17.2 Å². The Kier molecular flexibility index (Phi) is 3.88. The Morgan fingerprint density at radius 1 is 1.28 bits per heavy atom. The molecule has 0 saturated heterocycles. The molecule has 0 radical (unpaired) electrons. The van der Waals surface area contributed by atoms with Gasteiger partial charge in [-0.2, -0.15) is 20.1 Å².